The second-order valence-corrected chi connectivity index (χ2v) is 5.06. The lowest BCUT2D eigenvalue weighted by Crippen LogP contribution is -1.98. The molecule has 1 radical (unpaired) electrons. The highest BCUT2D eigenvalue weighted by molar-refractivity contribution is 5.78. The van der Waals surface area contributed by atoms with Crippen LogP contribution in [0.1, 0.15) is 5.69 Å². The van der Waals surface area contributed by atoms with Gasteiger partial charge in [0.25, 0.3) is 0 Å². The summed E-state index contributed by atoms with van der Waals surface area (Å²) in [5, 5.41) is 0. The van der Waals surface area contributed by atoms with Crippen molar-refractivity contribution >= 4 is 11.0 Å². The molecule has 0 saturated carbocycles. The third-order valence-electron chi connectivity index (χ3n) is 3.73. The van der Waals surface area contributed by atoms with Crippen LogP contribution in [-0.4, -0.2) is 14.5 Å². The topological polar surface area (TPSA) is 33.6 Å². The maximum Gasteiger partial charge on any atom is 0.0931 e. The molecule has 0 amide bonds. The average molecular weight is 272 g/mol. The number of hydrogen-bond acceptors (Lipinski definition) is 1. The highest BCUT2D eigenvalue weighted by Crippen LogP contribution is 2.27. The zero-order valence-corrected chi connectivity index (χ0v) is 11.7. The number of hydrogen-bond donors (Lipinski definition) is 1. The molecule has 3 heteroatoms. The molecule has 0 spiro atoms. The molecular weight excluding hydrogens is 258 g/mol. The van der Waals surface area contributed by atoms with E-state index in [1.165, 1.54) is 5.56 Å². The number of benzene rings is 2. The molecule has 0 unspecified atom stereocenters. The predicted molar refractivity (Wildman–Crippen MR) is 84.4 cm³/mol. The van der Waals surface area contributed by atoms with Crippen LogP contribution in [0, 0.1) is 13.0 Å². The minimum Gasteiger partial charge on any atom is -0.345 e. The average Bonchev–Trinajstić information content (AvgIpc) is 3.13. The first-order chi connectivity index (χ1) is 10.3. The van der Waals surface area contributed by atoms with Gasteiger partial charge in [0.05, 0.1) is 23.1 Å². The second-order valence-electron chi connectivity index (χ2n) is 5.06. The monoisotopic (exact) mass is 272 g/mol. The molecule has 0 saturated heterocycles. The molecule has 0 aliphatic carbocycles. The molecule has 4 rings (SSSR count). The Hall–Kier alpha value is -2.81. The van der Waals surface area contributed by atoms with Crippen LogP contribution < -0.4 is 0 Å². The van der Waals surface area contributed by atoms with Crippen molar-refractivity contribution in [3.8, 4) is 16.9 Å². The van der Waals surface area contributed by atoms with Crippen molar-refractivity contribution in [2.45, 2.75) is 6.92 Å². The molecule has 3 nitrogen and oxygen atoms in total. The number of aromatic nitrogens is 3. The fraction of sp³-hybridized carbons (Fsp3) is 0.0556. The first-order valence-electron chi connectivity index (χ1n) is 6.92. The van der Waals surface area contributed by atoms with E-state index in [9.17, 15) is 0 Å². The molecule has 21 heavy (non-hydrogen) atoms. The van der Waals surface area contributed by atoms with Crippen LogP contribution in [0.5, 0.6) is 0 Å². The van der Waals surface area contributed by atoms with Gasteiger partial charge in [-0.15, -0.1) is 0 Å². The normalized spacial score (nSPS) is 11.1. The van der Waals surface area contributed by atoms with Gasteiger partial charge in [0.2, 0.25) is 0 Å². The van der Waals surface area contributed by atoms with E-state index in [4.69, 9.17) is 0 Å². The van der Waals surface area contributed by atoms with Crippen LogP contribution in [-0.2, 0) is 0 Å². The zero-order valence-electron chi connectivity index (χ0n) is 11.7. The maximum absolute atomic E-state index is 4.34. The van der Waals surface area contributed by atoms with Gasteiger partial charge in [-0.1, -0.05) is 30.3 Å². The van der Waals surface area contributed by atoms with E-state index in [0.717, 1.165) is 28.1 Å². The Kier molecular flexibility index (Phi) is 2.64. The number of fused-ring (bicyclic) bond motifs is 1. The molecule has 2 aromatic carbocycles. The first-order valence-corrected chi connectivity index (χ1v) is 6.92. The zero-order chi connectivity index (χ0) is 14.2. The Morgan fingerprint density at radius 2 is 1.95 bits per heavy atom. The van der Waals surface area contributed by atoms with Crippen LogP contribution >= 0.6 is 0 Å². The molecule has 0 aliphatic rings. The highest BCUT2D eigenvalue weighted by atomic mass is 15.0. The molecule has 1 N–H and O–H groups in total. The summed E-state index contributed by atoms with van der Waals surface area (Å²) in [7, 11) is 0. The van der Waals surface area contributed by atoms with Gasteiger partial charge >= 0.3 is 0 Å². The second kappa shape index (κ2) is 4.63. The summed E-state index contributed by atoms with van der Waals surface area (Å²) < 4.78 is 2.21. The molecule has 0 aliphatic heterocycles. The van der Waals surface area contributed by atoms with E-state index in [0.29, 0.717) is 0 Å². The van der Waals surface area contributed by atoms with Crippen molar-refractivity contribution in [1.82, 2.24) is 14.5 Å². The number of imidazole rings is 1. The number of rotatable bonds is 2. The Morgan fingerprint density at radius 1 is 1.10 bits per heavy atom. The largest absolute Gasteiger partial charge is 0.345 e. The van der Waals surface area contributed by atoms with Crippen LogP contribution in [0.2, 0.25) is 0 Å². The van der Waals surface area contributed by atoms with E-state index in [1.807, 2.05) is 12.1 Å². The number of aromatic amines is 1. The summed E-state index contributed by atoms with van der Waals surface area (Å²) in [6, 6.07) is 22.0. The van der Waals surface area contributed by atoms with Crippen LogP contribution in [0.4, 0.5) is 0 Å². The van der Waals surface area contributed by atoms with Gasteiger partial charge < -0.3 is 9.55 Å². The Morgan fingerprint density at radius 3 is 2.81 bits per heavy atom. The van der Waals surface area contributed by atoms with Crippen molar-refractivity contribution in [3.63, 3.8) is 0 Å². The molecule has 4 aromatic rings. The van der Waals surface area contributed by atoms with E-state index in [1.54, 1.807) is 6.33 Å². The minimum atomic E-state index is 0.972. The standard InChI is InChI=1S/C18H14N3/c1-13-7-10-18(14-5-3-2-4-6-14)21(13)15-8-9-16-17(11-15)20-12-19-16/h2-6,8-12H,1H3,(H,19,20). The fourth-order valence-electron chi connectivity index (χ4n) is 2.70. The van der Waals surface area contributed by atoms with Crippen molar-refractivity contribution in [2.24, 2.45) is 0 Å². The smallest absolute Gasteiger partial charge is 0.0931 e. The Labute approximate surface area is 122 Å². The Balaban J connectivity index is 1.93. The minimum absolute atomic E-state index is 0.972. The van der Waals surface area contributed by atoms with Gasteiger partial charge in [-0.25, -0.2) is 4.98 Å². The van der Waals surface area contributed by atoms with Crippen molar-refractivity contribution < 1.29 is 0 Å². The van der Waals surface area contributed by atoms with E-state index >= 15 is 0 Å². The quantitative estimate of drug-likeness (QED) is 0.585. The fourth-order valence-corrected chi connectivity index (χ4v) is 2.70. The summed E-state index contributed by atoms with van der Waals surface area (Å²) in [5.74, 6) is 0. The van der Waals surface area contributed by atoms with Crippen LogP contribution in [0.25, 0.3) is 28.0 Å². The first kappa shape index (κ1) is 12.0. The van der Waals surface area contributed by atoms with Crippen molar-refractivity contribution in [2.75, 3.05) is 0 Å². The molecule has 2 heterocycles. The third-order valence-corrected chi connectivity index (χ3v) is 3.73. The van der Waals surface area contributed by atoms with Crippen LogP contribution in [0.15, 0.2) is 60.9 Å². The van der Waals surface area contributed by atoms with Crippen molar-refractivity contribution in [1.29, 1.82) is 0 Å². The van der Waals surface area contributed by atoms with E-state index in [2.05, 4.69) is 70.0 Å². The number of nitrogens with one attached hydrogen (secondary N) is 1. The SMILES string of the molecule is Cc1[c]cc(-c2ccccc2)n1-c1ccc2[nH]cnc2c1. The van der Waals surface area contributed by atoms with Gasteiger partial charge in [-0.3, -0.25) is 0 Å². The summed E-state index contributed by atoms with van der Waals surface area (Å²) in [6.45, 7) is 2.07. The van der Waals surface area contributed by atoms with Crippen LogP contribution in [0.3, 0.4) is 0 Å². The molecule has 0 fully saturated rings. The van der Waals surface area contributed by atoms with Crippen molar-refractivity contribution in [3.05, 3.63) is 72.7 Å². The lowest BCUT2D eigenvalue weighted by Gasteiger charge is -2.12. The van der Waals surface area contributed by atoms with E-state index in [-0.39, 0.29) is 0 Å². The highest BCUT2D eigenvalue weighted by Gasteiger charge is 2.10. The summed E-state index contributed by atoms with van der Waals surface area (Å²) in [6.07, 6.45) is 1.72. The lowest BCUT2D eigenvalue weighted by molar-refractivity contribution is 1.02. The summed E-state index contributed by atoms with van der Waals surface area (Å²) >= 11 is 0. The molecule has 101 valence electrons. The van der Waals surface area contributed by atoms with Gasteiger partial charge in [0, 0.05) is 17.4 Å². The third kappa shape index (κ3) is 1.94. The number of aryl methyl sites for hydroxylation is 1. The van der Waals surface area contributed by atoms with Gasteiger partial charge in [0.1, 0.15) is 0 Å². The van der Waals surface area contributed by atoms with E-state index < -0.39 is 0 Å². The maximum atomic E-state index is 4.34. The molecule has 2 aromatic heterocycles. The predicted octanol–water partition coefficient (Wildman–Crippen LogP) is 4.13. The summed E-state index contributed by atoms with van der Waals surface area (Å²) in [4.78, 5) is 7.47. The molecule has 0 atom stereocenters. The van der Waals surface area contributed by atoms with Gasteiger partial charge in [-0.05, 0) is 36.8 Å². The molecule has 0 bridgehead atoms. The van der Waals surface area contributed by atoms with Gasteiger partial charge in [0.15, 0.2) is 0 Å². The Bertz CT molecular complexity index is 901. The van der Waals surface area contributed by atoms with Gasteiger partial charge in [-0.2, -0.15) is 0 Å². The number of H-pyrrole nitrogens is 1. The lowest BCUT2D eigenvalue weighted by atomic mass is 10.1. The molecular formula is C18H14N3. The number of nitrogens with zero attached hydrogens (tertiary/aromatic N) is 2. The summed E-state index contributed by atoms with van der Waals surface area (Å²) in [5.41, 5.74) is 6.54.